The Morgan fingerprint density at radius 1 is 1.40 bits per heavy atom. The second kappa shape index (κ2) is 2.84. The molecule has 0 aromatic rings. The second-order valence-electron chi connectivity index (χ2n) is 3.19. The molecule has 0 bridgehead atoms. The number of nitrogens with two attached hydrogens (primary N) is 1. The van der Waals surface area contributed by atoms with Crippen molar-refractivity contribution in [3.63, 3.8) is 0 Å². The van der Waals surface area contributed by atoms with Gasteiger partial charge in [0.25, 0.3) is 0 Å². The Hall–Kier alpha value is -0.150. The van der Waals surface area contributed by atoms with Gasteiger partial charge in [-0.1, -0.05) is 0 Å². The highest BCUT2D eigenvalue weighted by atomic mass is 19.1. The lowest BCUT2D eigenvalue weighted by Gasteiger charge is -2.16. The van der Waals surface area contributed by atoms with E-state index < -0.39 is 5.79 Å². The Morgan fingerprint density at radius 2 is 2.10 bits per heavy atom. The minimum atomic E-state index is -1.40. The minimum absolute atomic E-state index is 0.476. The molecule has 0 spiro atoms. The Bertz CT molecular complexity index is 114. The first-order valence-electron chi connectivity index (χ1n) is 3.76. The zero-order valence-electron chi connectivity index (χ0n) is 6.44. The molecule has 2 N–H and O–H groups in total. The summed E-state index contributed by atoms with van der Waals surface area (Å²) in [6.45, 7) is 1.76. The Balaban J connectivity index is 2.41. The van der Waals surface area contributed by atoms with Gasteiger partial charge >= 0.3 is 0 Å². The van der Waals surface area contributed by atoms with E-state index in [1.807, 2.05) is 7.05 Å². The van der Waals surface area contributed by atoms with Crippen molar-refractivity contribution in [2.24, 2.45) is 5.73 Å². The van der Waals surface area contributed by atoms with E-state index in [4.69, 9.17) is 5.73 Å². The third-order valence-electron chi connectivity index (χ3n) is 2.04. The van der Waals surface area contributed by atoms with Gasteiger partial charge in [-0.15, -0.1) is 0 Å². The van der Waals surface area contributed by atoms with Crippen LogP contribution in [0.2, 0.25) is 0 Å². The molecule has 1 aliphatic rings. The van der Waals surface area contributed by atoms with Crippen LogP contribution in [0.25, 0.3) is 0 Å². The summed E-state index contributed by atoms with van der Waals surface area (Å²) < 4.78 is 13.1. The van der Waals surface area contributed by atoms with Gasteiger partial charge in [0, 0.05) is 13.0 Å². The molecule has 1 unspecified atom stereocenters. The molecule has 3 heteroatoms. The van der Waals surface area contributed by atoms with E-state index in [-0.39, 0.29) is 0 Å². The molecular weight excluding hydrogens is 131 g/mol. The summed E-state index contributed by atoms with van der Waals surface area (Å²) in [5, 5.41) is 0. The van der Waals surface area contributed by atoms with Gasteiger partial charge in [0.2, 0.25) is 0 Å². The Morgan fingerprint density at radius 3 is 2.80 bits per heavy atom. The molecule has 0 aliphatic carbocycles. The molecule has 1 heterocycles. The number of rotatable bonds is 0. The number of hydrogen-bond acceptors (Lipinski definition) is 2. The van der Waals surface area contributed by atoms with Gasteiger partial charge in [0.15, 0.2) is 5.79 Å². The monoisotopic (exact) mass is 146 g/mol. The van der Waals surface area contributed by atoms with Crippen molar-refractivity contribution in [2.75, 3.05) is 20.1 Å². The quantitative estimate of drug-likeness (QED) is 0.510. The molecule has 10 heavy (non-hydrogen) atoms. The molecule has 1 aliphatic heterocycles. The summed E-state index contributed by atoms with van der Waals surface area (Å²) in [7, 11) is 2.00. The summed E-state index contributed by atoms with van der Waals surface area (Å²) in [6, 6.07) is 0. The normalized spacial score (nSPS) is 37.5. The first-order valence-corrected chi connectivity index (χ1v) is 3.76. The van der Waals surface area contributed by atoms with Crippen LogP contribution in [-0.4, -0.2) is 30.8 Å². The zero-order valence-corrected chi connectivity index (χ0v) is 6.44. The van der Waals surface area contributed by atoms with Crippen molar-refractivity contribution in [1.82, 2.24) is 4.90 Å². The highest BCUT2D eigenvalue weighted by Crippen LogP contribution is 2.19. The van der Waals surface area contributed by atoms with Crippen LogP contribution in [0.5, 0.6) is 0 Å². The summed E-state index contributed by atoms with van der Waals surface area (Å²) in [5.41, 5.74) is 5.35. The number of hydrogen-bond donors (Lipinski definition) is 1. The van der Waals surface area contributed by atoms with Crippen molar-refractivity contribution in [2.45, 2.75) is 25.1 Å². The number of nitrogens with zero attached hydrogens (tertiary/aromatic N) is 1. The fraction of sp³-hybridized carbons (Fsp3) is 1.00. The van der Waals surface area contributed by atoms with Crippen LogP contribution >= 0.6 is 0 Å². The largest absolute Gasteiger partial charge is 0.306 e. The summed E-state index contributed by atoms with van der Waals surface area (Å²) in [6.07, 6.45) is 1.87. The lowest BCUT2D eigenvalue weighted by atomic mass is 10.1. The van der Waals surface area contributed by atoms with Crippen molar-refractivity contribution < 1.29 is 4.39 Å². The van der Waals surface area contributed by atoms with Crippen LogP contribution in [0.4, 0.5) is 4.39 Å². The van der Waals surface area contributed by atoms with Gasteiger partial charge in [-0.25, -0.2) is 4.39 Å². The molecule has 1 fully saturated rings. The predicted molar refractivity (Wildman–Crippen MR) is 39.4 cm³/mol. The SMILES string of the molecule is CN1CCCC(N)(F)CC1. The van der Waals surface area contributed by atoms with Gasteiger partial charge in [0.1, 0.15) is 0 Å². The molecule has 0 aromatic carbocycles. The molecule has 0 saturated carbocycles. The van der Waals surface area contributed by atoms with Crippen LogP contribution in [0, 0.1) is 0 Å². The fourth-order valence-corrected chi connectivity index (χ4v) is 1.26. The van der Waals surface area contributed by atoms with Crippen LogP contribution in [0.3, 0.4) is 0 Å². The highest BCUT2D eigenvalue weighted by Gasteiger charge is 2.26. The van der Waals surface area contributed by atoms with E-state index in [0.29, 0.717) is 12.8 Å². The van der Waals surface area contributed by atoms with Gasteiger partial charge in [0.05, 0.1) is 0 Å². The van der Waals surface area contributed by atoms with Gasteiger partial charge in [-0.3, -0.25) is 5.73 Å². The third kappa shape index (κ3) is 2.23. The van der Waals surface area contributed by atoms with E-state index in [1.165, 1.54) is 0 Å². The topological polar surface area (TPSA) is 29.3 Å². The minimum Gasteiger partial charge on any atom is -0.306 e. The van der Waals surface area contributed by atoms with Crippen molar-refractivity contribution in [3.8, 4) is 0 Å². The standard InChI is InChI=1S/C7H15FN2/c1-10-5-2-3-7(8,9)4-6-10/h2-6,9H2,1H3. The molecule has 0 amide bonds. The fourth-order valence-electron chi connectivity index (χ4n) is 1.26. The molecule has 2 nitrogen and oxygen atoms in total. The molecule has 1 rings (SSSR count). The summed E-state index contributed by atoms with van der Waals surface area (Å²) in [4.78, 5) is 2.12. The van der Waals surface area contributed by atoms with Gasteiger partial charge in [-0.2, -0.15) is 0 Å². The number of halogens is 1. The van der Waals surface area contributed by atoms with E-state index in [1.54, 1.807) is 0 Å². The molecular formula is C7H15FN2. The first-order chi connectivity index (χ1) is 4.60. The Kier molecular flexibility index (Phi) is 2.26. The van der Waals surface area contributed by atoms with Crippen LogP contribution in [-0.2, 0) is 0 Å². The van der Waals surface area contributed by atoms with E-state index in [2.05, 4.69) is 4.90 Å². The lowest BCUT2D eigenvalue weighted by Crippen LogP contribution is -2.35. The van der Waals surface area contributed by atoms with Crippen LogP contribution < -0.4 is 5.73 Å². The maximum Gasteiger partial charge on any atom is 0.160 e. The third-order valence-corrected chi connectivity index (χ3v) is 2.04. The average molecular weight is 146 g/mol. The average Bonchev–Trinajstić information content (AvgIpc) is 1.94. The molecule has 1 atom stereocenters. The molecule has 0 aromatic heterocycles. The first kappa shape index (κ1) is 7.95. The van der Waals surface area contributed by atoms with E-state index in [0.717, 1.165) is 19.5 Å². The van der Waals surface area contributed by atoms with Crippen LogP contribution in [0.1, 0.15) is 19.3 Å². The molecule has 1 saturated heterocycles. The van der Waals surface area contributed by atoms with Crippen molar-refractivity contribution in [1.29, 1.82) is 0 Å². The Labute approximate surface area is 61.2 Å². The number of alkyl halides is 1. The van der Waals surface area contributed by atoms with E-state index in [9.17, 15) is 4.39 Å². The summed E-state index contributed by atoms with van der Waals surface area (Å²) in [5.74, 6) is -1.40. The van der Waals surface area contributed by atoms with Gasteiger partial charge in [-0.05, 0) is 26.4 Å². The maximum absolute atomic E-state index is 13.1. The molecule has 0 radical (unpaired) electrons. The van der Waals surface area contributed by atoms with Crippen molar-refractivity contribution >= 4 is 0 Å². The highest BCUT2D eigenvalue weighted by molar-refractivity contribution is 4.76. The zero-order chi connectivity index (χ0) is 7.61. The van der Waals surface area contributed by atoms with Crippen molar-refractivity contribution in [3.05, 3.63) is 0 Å². The van der Waals surface area contributed by atoms with E-state index >= 15 is 0 Å². The molecule has 60 valence electrons. The maximum atomic E-state index is 13.1. The van der Waals surface area contributed by atoms with Gasteiger partial charge < -0.3 is 4.90 Å². The van der Waals surface area contributed by atoms with Crippen LogP contribution in [0.15, 0.2) is 0 Å². The predicted octanol–water partition coefficient (Wildman–Crippen LogP) is 0.727. The number of likely N-dealkylation sites (tertiary alicyclic amines) is 1. The lowest BCUT2D eigenvalue weighted by molar-refractivity contribution is 0.149. The summed E-state index contributed by atoms with van der Waals surface area (Å²) >= 11 is 0. The smallest absolute Gasteiger partial charge is 0.160 e. The second-order valence-corrected chi connectivity index (χ2v) is 3.19.